The van der Waals surface area contributed by atoms with Crippen LogP contribution in [-0.4, -0.2) is 27.9 Å². The van der Waals surface area contributed by atoms with Crippen LogP contribution in [0, 0.1) is 23.7 Å². The van der Waals surface area contributed by atoms with Gasteiger partial charge in [-0.25, -0.2) is 9.69 Å². The zero-order chi connectivity index (χ0) is 14.7. The molecule has 1 aliphatic heterocycles. The van der Waals surface area contributed by atoms with Crippen LogP contribution in [0.3, 0.4) is 0 Å². The van der Waals surface area contributed by atoms with E-state index in [0.29, 0.717) is 0 Å². The second-order valence-electron chi connectivity index (χ2n) is 5.71. The van der Waals surface area contributed by atoms with E-state index in [1.807, 2.05) is 12.2 Å². The summed E-state index contributed by atoms with van der Waals surface area (Å²) in [6, 6.07) is 1.30. The van der Waals surface area contributed by atoms with Gasteiger partial charge in [-0.05, 0) is 24.3 Å². The molecule has 0 spiro atoms. The molecule has 21 heavy (non-hydrogen) atoms. The van der Waals surface area contributed by atoms with Crippen molar-refractivity contribution in [2.75, 3.05) is 4.90 Å². The second kappa shape index (κ2) is 4.00. The first-order chi connectivity index (χ1) is 10.1. The molecule has 2 amide bonds. The first kappa shape index (κ1) is 12.3. The van der Waals surface area contributed by atoms with E-state index in [2.05, 4.69) is 4.98 Å². The first-order valence-corrected chi connectivity index (χ1v) is 6.83. The molecule has 1 saturated heterocycles. The molecular weight excluding hydrogens is 272 g/mol. The number of nitrogens with zero attached hydrogens (tertiary/aromatic N) is 2. The number of carboxylic acids is 1. The number of hydrogen-bond donors (Lipinski definition) is 1. The Morgan fingerprint density at radius 3 is 2.38 bits per heavy atom. The zero-order valence-corrected chi connectivity index (χ0v) is 11.0. The molecule has 1 saturated carbocycles. The predicted molar refractivity (Wildman–Crippen MR) is 71.4 cm³/mol. The first-order valence-electron chi connectivity index (χ1n) is 6.83. The highest BCUT2D eigenvalue weighted by atomic mass is 16.4. The molecule has 2 fully saturated rings. The Balaban J connectivity index is 1.80. The number of carbonyl (C=O) groups is 3. The summed E-state index contributed by atoms with van der Waals surface area (Å²) in [5.41, 5.74) is 0.000722. The number of aromatic nitrogens is 1. The lowest BCUT2D eigenvalue weighted by molar-refractivity contribution is -0.123. The lowest BCUT2D eigenvalue weighted by Gasteiger charge is -2.18. The topological polar surface area (TPSA) is 87.6 Å². The molecule has 0 radical (unpaired) electrons. The second-order valence-corrected chi connectivity index (χ2v) is 5.71. The summed E-state index contributed by atoms with van der Waals surface area (Å²) in [6.45, 7) is 0. The fourth-order valence-corrected chi connectivity index (χ4v) is 3.88. The average molecular weight is 284 g/mol. The average Bonchev–Trinajstić information content (AvgIpc) is 3.13. The van der Waals surface area contributed by atoms with Crippen LogP contribution < -0.4 is 4.90 Å². The van der Waals surface area contributed by atoms with Crippen LogP contribution in [0.15, 0.2) is 30.6 Å². The molecule has 4 rings (SSSR count). The van der Waals surface area contributed by atoms with Gasteiger partial charge in [0.2, 0.25) is 11.8 Å². The molecule has 1 aromatic heterocycles. The lowest BCUT2D eigenvalue weighted by atomic mass is 9.85. The van der Waals surface area contributed by atoms with Crippen molar-refractivity contribution >= 4 is 23.5 Å². The SMILES string of the molecule is O=C(O)c1ccncc1N1C(=O)C2C3C=CC(C3)C2C1=O. The largest absolute Gasteiger partial charge is 0.478 e. The summed E-state index contributed by atoms with van der Waals surface area (Å²) in [5, 5.41) is 9.23. The highest BCUT2D eigenvalue weighted by Gasteiger charge is 2.59. The summed E-state index contributed by atoms with van der Waals surface area (Å²) >= 11 is 0. The van der Waals surface area contributed by atoms with Crippen molar-refractivity contribution in [3.8, 4) is 0 Å². The highest BCUT2D eigenvalue weighted by molar-refractivity contribution is 6.24. The molecule has 1 aromatic rings. The monoisotopic (exact) mass is 284 g/mol. The summed E-state index contributed by atoms with van der Waals surface area (Å²) < 4.78 is 0. The van der Waals surface area contributed by atoms with Gasteiger partial charge in [0, 0.05) is 6.20 Å². The fraction of sp³-hybridized carbons (Fsp3) is 0.333. The Kier molecular flexibility index (Phi) is 2.34. The van der Waals surface area contributed by atoms with Crippen molar-refractivity contribution in [3.05, 3.63) is 36.2 Å². The maximum atomic E-state index is 12.6. The van der Waals surface area contributed by atoms with E-state index in [-0.39, 0.29) is 46.7 Å². The van der Waals surface area contributed by atoms with Gasteiger partial charge in [-0.15, -0.1) is 0 Å². The summed E-state index contributed by atoms with van der Waals surface area (Å²) in [5.74, 6) is -2.23. The predicted octanol–water partition coefficient (Wildman–Crippen LogP) is 1.09. The maximum absolute atomic E-state index is 12.6. The molecule has 4 atom stereocenters. The summed E-state index contributed by atoms with van der Waals surface area (Å²) in [6.07, 6.45) is 7.46. The molecule has 2 bridgehead atoms. The van der Waals surface area contributed by atoms with Gasteiger partial charge < -0.3 is 5.11 Å². The Bertz CT molecular complexity index is 681. The Hall–Kier alpha value is -2.50. The summed E-state index contributed by atoms with van der Waals surface area (Å²) in [4.78, 5) is 41.4. The number of pyridine rings is 1. The van der Waals surface area contributed by atoms with Crippen LogP contribution in [0.4, 0.5) is 5.69 Å². The van der Waals surface area contributed by atoms with Gasteiger partial charge in [0.1, 0.15) is 0 Å². The molecule has 6 nitrogen and oxygen atoms in total. The van der Waals surface area contributed by atoms with Crippen LogP contribution in [-0.2, 0) is 9.59 Å². The van der Waals surface area contributed by atoms with E-state index in [1.165, 1.54) is 18.5 Å². The highest BCUT2D eigenvalue weighted by Crippen LogP contribution is 2.53. The van der Waals surface area contributed by atoms with Gasteiger partial charge in [-0.2, -0.15) is 0 Å². The third kappa shape index (κ3) is 1.47. The molecule has 4 unspecified atom stereocenters. The number of hydrogen-bond acceptors (Lipinski definition) is 4. The van der Waals surface area contributed by atoms with Gasteiger partial charge >= 0.3 is 5.97 Å². The Labute approximate surface area is 120 Å². The minimum atomic E-state index is -1.17. The van der Waals surface area contributed by atoms with E-state index in [1.54, 1.807) is 0 Å². The van der Waals surface area contributed by atoms with Gasteiger partial charge in [-0.1, -0.05) is 12.2 Å². The van der Waals surface area contributed by atoms with Crippen molar-refractivity contribution in [3.63, 3.8) is 0 Å². The number of aromatic carboxylic acids is 1. The van der Waals surface area contributed by atoms with Crippen LogP contribution in [0.1, 0.15) is 16.8 Å². The van der Waals surface area contributed by atoms with Gasteiger partial charge in [0.25, 0.3) is 0 Å². The van der Waals surface area contributed by atoms with E-state index < -0.39 is 5.97 Å². The van der Waals surface area contributed by atoms with E-state index >= 15 is 0 Å². The number of carbonyl (C=O) groups excluding carboxylic acids is 2. The van der Waals surface area contributed by atoms with E-state index in [0.717, 1.165) is 11.3 Å². The fourth-order valence-electron chi connectivity index (χ4n) is 3.88. The number of carboxylic acid groups (broad SMARTS) is 1. The molecule has 3 aliphatic rings. The minimum Gasteiger partial charge on any atom is -0.478 e. The number of rotatable bonds is 2. The molecule has 6 heteroatoms. The standard InChI is InChI=1S/C15H12N2O4/c18-13-11-7-1-2-8(5-7)12(11)14(19)17(13)10-6-16-4-3-9(10)15(20)21/h1-4,6-8,11-12H,5H2,(H,20,21). The van der Waals surface area contributed by atoms with Gasteiger partial charge in [-0.3, -0.25) is 14.6 Å². The van der Waals surface area contributed by atoms with Crippen molar-refractivity contribution in [1.29, 1.82) is 0 Å². The number of amides is 2. The van der Waals surface area contributed by atoms with Crippen molar-refractivity contribution in [1.82, 2.24) is 4.98 Å². The minimum absolute atomic E-state index is 0.0769. The Morgan fingerprint density at radius 2 is 1.81 bits per heavy atom. The molecule has 2 aliphatic carbocycles. The molecule has 1 N–H and O–H groups in total. The van der Waals surface area contributed by atoms with Crippen LogP contribution in [0.25, 0.3) is 0 Å². The number of allylic oxidation sites excluding steroid dienone is 2. The molecule has 2 heterocycles. The summed E-state index contributed by atoms with van der Waals surface area (Å²) in [7, 11) is 0. The van der Waals surface area contributed by atoms with Gasteiger partial charge in [0.05, 0.1) is 29.3 Å². The molecule has 106 valence electrons. The third-order valence-electron chi connectivity index (χ3n) is 4.74. The molecular formula is C15H12N2O4. The van der Waals surface area contributed by atoms with E-state index in [4.69, 9.17) is 0 Å². The zero-order valence-electron chi connectivity index (χ0n) is 11.0. The van der Waals surface area contributed by atoms with Crippen LogP contribution in [0.2, 0.25) is 0 Å². The normalized spacial score (nSPS) is 32.9. The van der Waals surface area contributed by atoms with Crippen molar-refractivity contribution < 1.29 is 19.5 Å². The quantitative estimate of drug-likeness (QED) is 0.649. The van der Waals surface area contributed by atoms with Crippen LogP contribution in [0.5, 0.6) is 0 Å². The maximum Gasteiger partial charge on any atom is 0.337 e. The van der Waals surface area contributed by atoms with Crippen molar-refractivity contribution in [2.24, 2.45) is 23.7 Å². The Morgan fingerprint density at radius 1 is 1.19 bits per heavy atom. The van der Waals surface area contributed by atoms with Gasteiger partial charge in [0.15, 0.2) is 0 Å². The smallest absolute Gasteiger partial charge is 0.337 e. The number of anilines is 1. The number of fused-ring (bicyclic) bond motifs is 5. The van der Waals surface area contributed by atoms with Crippen LogP contribution >= 0.6 is 0 Å². The van der Waals surface area contributed by atoms with E-state index in [9.17, 15) is 19.5 Å². The lowest BCUT2D eigenvalue weighted by Crippen LogP contribution is -2.34. The third-order valence-corrected chi connectivity index (χ3v) is 4.74. The molecule has 0 aromatic carbocycles. The number of imide groups is 1. The van der Waals surface area contributed by atoms with Crippen molar-refractivity contribution in [2.45, 2.75) is 6.42 Å².